The molecule has 0 fully saturated rings. The lowest BCUT2D eigenvalue weighted by Crippen LogP contribution is -2.09. The third-order valence-corrected chi connectivity index (χ3v) is 8.81. The van der Waals surface area contributed by atoms with Gasteiger partial charge in [0, 0.05) is 34.1 Å². The molecular weight excluding hydrogens is 621 g/mol. The summed E-state index contributed by atoms with van der Waals surface area (Å²) in [6.07, 6.45) is 0. The van der Waals surface area contributed by atoms with E-state index in [0.717, 1.165) is 67.9 Å². The molecule has 0 aliphatic heterocycles. The molecule has 0 aliphatic carbocycles. The summed E-state index contributed by atoms with van der Waals surface area (Å²) in [7, 11) is 0. The van der Waals surface area contributed by atoms with E-state index in [9.17, 15) is 0 Å². The van der Waals surface area contributed by atoms with E-state index < -0.39 is 0 Å². The van der Waals surface area contributed by atoms with Gasteiger partial charge in [-0.3, -0.25) is 0 Å². The minimum Gasteiger partial charge on any atom is -0.457 e. The van der Waals surface area contributed by atoms with Gasteiger partial charge in [0.1, 0.15) is 11.5 Å². The van der Waals surface area contributed by atoms with Crippen molar-refractivity contribution >= 4 is 34.1 Å². The van der Waals surface area contributed by atoms with Gasteiger partial charge in [0.2, 0.25) is 0 Å². The van der Waals surface area contributed by atoms with Crippen LogP contribution in [0.4, 0.5) is 34.1 Å². The number of hydrogen-bond acceptors (Lipinski definition) is 3. The van der Waals surface area contributed by atoms with Crippen LogP contribution in [0.2, 0.25) is 0 Å². The molecule has 3 nitrogen and oxygen atoms in total. The van der Waals surface area contributed by atoms with Crippen molar-refractivity contribution in [3.05, 3.63) is 218 Å². The van der Waals surface area contributed by atoms with Crippen molar-refractivity contribution < 1.29 is 7.48 Å². The number of benzene rings is 8. The Bertz CT molecular complexity index is 2210. The molecule has 244 valence electrons. The molecule has 0 N–H and O–H groups in total. The molecule has 51 heavy (non-hydrogen) atoms. The first-order valence-electron chi connectivity index (χ1n) is 18.0. The SMILES string of the molecule is [3H]c1ccc(N(c2ccccc2)c2ccc(-c3ccc(Oc4ccc(-c5ccc(N(c6ccccc6)c6ccc([3H])cc6)cc5)cc4)cc3)cc2)cc1. The molecule has 8 rings (SSSR count). The fourth-order valence-corrected chi connectivity index (χ4v) is 6.28. The second-order valence-corrected chi connectivity index (χ2v) is 12.1. The quantitative estimate of drug-likeness (QED) is 0.145. The van der Waals surface area contributed by atoms with Crippen LogP contribution in [0.25, 0.3) is 22.3 Å². The smallest absolute Gasteiger partial charge is 0.127 e. The lowest BCUT2D eigenvalue weighted by Gasteiger charge is -2.25. The van der Waals surface area contributed by atoms with Crippen LogP contribution in [0.5, 0.6) is 11.5 Å². The molecule has 0 saturated carbocycles. The van der Waals surface area contributed by atoms with Crippen molar-refractivity contribution in [2.75, 3.05) is 9.80 Å². The molecule has 0 spiro atoms. The van der Waals surface area contributed by atoms with Gasteiger partial charge in [-0.25, -0.2) is 0 Å². The summed E-state index contributed by atoms with van der Waals surface area (Å²) in [4.78, 5) is 4.39. The summed E-state index contributed by atoms with van der Waals surface area (Å²) in [6, 6.07) is 70.2. The molecule has 0 heterocycles. The Balaban J connectivity index is 0.946. The van der Waals surface area contributed by atoms with E-state index in [0.29, 0.717) is 12.1 Å². The molecular formula is C48H36N2O. The average Bonchev–Trinajstić information content (AvgIpc) is 3.22. The maximum atomic E-state index is 7.92. The first kappa shape index (κ1) is 29.1. The van der Waals surface area contributed by atoms with Crippen LogP contribution in [0, 0.1) is 0 Å². The highest BCUT2D eigenvalue weighted by Gasteiger charge is 2.13. The lowest BCUT2D eigenvalue weighted by molar-refractivity contribution is 0.483. The van der Waals surface area contributed by atoms with Crippen LogP contribution in [0.3, 0.4) is 0 Å². The van der Waals surface area contributed by atoms with E-state index in [1.807, 2.05) is 109 Å². The van der Waals surface area contributed by atoms with Crippen molar-refractivity contribution in [2.45, 2.75) is 0 Å². The van der Waals surface area contributed by atoms with E-state index >= 15 is 0 Å². The molecule has 3 heteroatoms. The molecule has 0 aromatic heterocycles. The van der Waals surface area contributed by atoms with Crippen LogP contribution in [-0.2, 0) is 0 Å². The van der Waals surface area contributed by atoms with Gasteiger partial charge in [0.25, 0.3) is 0 Å². The Morgan fingerprint density at radius 1 is 0.275 bits per heavy atom. The van der Waals surface area contributed by atoms with E-state index in [2.05, 4.69) is 107 Å². The Morgan fingerprint density at radius 3 is 0.843 bits per heavy atom. The minimum absolute atomic E-state index is 0.490. The Morgan fingerprint density at radius 2 is 0.529 bits per heavy atom. The maximum absolute atomic E-state index is 7.92. The Labute approximate surface area is 302 Å². The highest BCUT2D eigenvalue weighted by molar-refractivity contribution is 5.79. The van der Waals surface area contributed by atoms with Gasteiger partial charge < -0.3 is 14.5 Å². The molecule has 0 bridgehead atoms. The summed E-state index contributed by atoms with van der Waals surface area (Å²) in [5, 5.41) is 0. The monoisotopic (exact) mass is 660 g/mol. The van der Waals surface area contributed by atoms with Crippen molar-refractivity contribution in [1.29, 1.82) is 0 Å². The fourth-order valence-electron chi connectivity index (χ4n) is 6.28. The van der Waals surface area contributed by atoms with Gasteiger partial charge in [-0.2, -0.15) is 0 Å². The zero-order chi connectivity index (χ0) is 36.0. The van der Waals surface area contributed by atoms with Crippen molar-refractivity contribution in [3.63, 3.8) is 0 Å². The van der Waals surface area contributed by atoms with Crippen LogP contribution < -0.4 is 14.5 Å². The zero-order valence-corrected chi connectivity index (χ0v) is 27.9. The number of hydrogen-bond donors (Lipinski definition) is 0. The molecule has 0 atom stereocenters. The van der Waals surface area contributed by atoms with Gasteiger partial charge in [-0.05, 0) is 119 Å². The molecule has 0 aliphatic rings. The van der Waals surface area contributed by atoms with Crippen molar-refractivity contribution in [1.82, 2.24) is 0 Å². The van der Waals surface area contributed by atoms with Crippen LogP contribution >= 0.6 is 0 Å². The summed E-state index contributed by atoms with van der Waals surface area (Å²) in [5.74, 6) is 1.55. The third kappa shape index (κ3) is 7.15. The predicted octanol–water partition coefficient (Wildman–Crippen LogP) is 13.8. The highest BCUT2D eigenvalue weighted by atomic mass is 16.5. The summed E-state index contributed by atoms with van der Waals surface area (Å²) in [5.41, 5.74) is 10.7. The first-order chi connectivity index (χ1) is 26.1. The van der Waals surface area contributed by atoms with Crippen molar-refractivity contribution in [3.8, 4) is 33.8 Å². The van der Waals surface area contributed by atoms with Crippen molar-refractivity contribution in [2.24, 2.45) is 0 Å². The minimum atomic E-state index is 0.490. The fraction of sp³-hybridized carbons (Fsp3) is 0. The average molecular weight is 661 g/mol. The standard InChI is InChI=1S/C48H36N2O/c1-5-13-41(14-6-1)49(42-15-7-2-8-16-42)45-29-21-37(22-30-45)39-25-33-47(34-26-39)51-48-35-27-40(28-36-48)38-23-31-46(32-24-38)50(43-17-9-3-10-18-43)44-19-11-4-12-20-44/h1-36H/i1T,3T. The lowest BCUT2D eigenvalue weighted by atomic mass is 10.0. The zero-order valence-electron chi connectivity index (χ0n) is 29.9. The molecule has 0 amide bonds. The molecule has 8 aromatic carbocycles. The Hall–Kier alpha value is -6.84. The van der Waals surface area contributed by atoms with Gasteiger partial charge >= 0.3 is 0 Å². The largest absolute Gasteiger partial charge is 0.457 e. The first-order valence-corrected chi connectivity index (χ1v) is 17.0. The van der Waals surface area contributed by atoms with Crippen LogP contribution in [0.15, 0.2) is 218 Å². The van der Waals surface area contributed by atoms with Gasteiger partial charge in [0.05, 0.1) is 2.74 Å². The number of rotatable bonds is 10. The predicted molar refractivity (Wildman–Crippen MR) is 213 cm³/mol. The number of anilines is 6. The summed E-state index contributed by atoms with van der Waals surface area (Å²) in [6.45, 7) is 0. The van der Waals surface area contributed by atoms with Gasteiger partial charge in [0.15, 0.2) is 0 Å². The third-order valence-electron chi connectivity index (χ3n) is 8.81. The van der Waals surface area contributed by atoms with Crippen LogP contribution in [0.1, 0.15) is 2.74 Å². The van der Waals surface area contributed by atoms with Crippen LogP contribution in [-0.4, -0.2) is 0 Å². The van der Waals surface area contributed by atoms with Gasteiger partial charge in [-0.1, -0.05) is 121 Å². The summed E-state index contributed by atoms with van der Waals surface area (Å²) >= 11 is 0. The number of para-hydroxylation sites is 4. The topological polar surface area (TPSA) is 15.7 Å². The van der Waals surface area contributed by atoms with Gasteiger partial charge in [-0.15, -0.1) is 0 Å². The Kier molecular flexibility index (Phi) is 8.41. The van der Waals surface area contributed by atoms with E-state index in [1.54, 1.807) is 0 Å². The molecule has 0 radical (unpaired) electrons. The van der Waals surface area contributed by atoms with E-state index in [1.165, 1.54) is 0 Å². The second kappa shape index (κ2) is 14.7. The maximum Gasteiger partial charge on any atom is 0.127 e. The van der Waals surface area contributed by atoms with E-state index in [-0.39, 0.29) is 0 Å². The normalized spacial score (nSPS) is 11.3. The number of nitrogens with zero attached hydrogens (tertiary/aromatic N) is 2. The molecule has 8 aromatic rings. The highest BCUT2D eigenvalue weighted by Crippen LogP contribution is 2.37. The van der Waals surface area contributed by atoms with E-state index in [4.69, 9.17) is 7.48 Å². The molecule has 0 saturated heterocycles. The summed E-state index contributed by atoms with van der Waals surface area (Å²) < 4.78 is 22.1. The second-order valence-electron chi connectivity index (χ2n) is 12.1. The molecule has 0 unspecified atom stereocenters. The number of ether oxygens (including phenoxy) is 1.